The van der Waals surface area contributed by atoms with Crippen LogP contribution < -0.4 is 5.56 Å². The minimum absolute atomic E-state index is 0.145. The third kappa shape index (κ3) is 3.22. The Kier molecular flexibility index (Phi) is 4.43. The van der Waals surface area contributed by atoms with Gasteiger partial charge in [-0.15, -0.1) is 11.3 Å². The van der Waals surface area contributed by atoms with Crippen LogP contribution >= 0.6 is 11.3 Å². The van der Waals surface area contributed by atoms with E-state index in [1.54, 1.807) is 11.3 Å². The number of nitrogens with one attached hydrogen (secondary N) is 1. The van der Waals surface area contributed by atoms with Crippen molar-refractivity contribution in [2.45, 2.75) is 26.1 Å². The quantitative estimate of drug-likeness (QED) is 0.570. The number of thiophene rings is 1. The van der Waals surface area contributed by atoms with Crippen molar-refractivity contribution < 1.29 is 9.47 Å². The van der Waals surface area contributed by atoms with Gasteiger partial charge in [0, 0.05) is 12.6 Å². The van der Waals surface area contributed by atoms with Crippen molar-refractivity contribution in [1.29, 1.82) is 0 Å². The lowest BCUT2D eigenvalue weighted by molar-refractivity contribution is -0.0461. The van der Waals surface area contributed by atoms with Gasteiger partial charge < -0.3 is 14.5 Å². The number of H-pyrrole nitrogens is 1. The molecule has 1 fully saturated rings. The number of hydrogen-bond donors (Lipinski definition) is 1. The van der Waals surface area contributed by atoms with E-state index in [2.05, 4.69) is 16.0 Å². The zero-order chi connectivity index (χ0) is 19.1. The molecule has 4 aromatic rings. The number of ether oxygens (including phenoxy) is 2. The summed E-state index contributed by atoms with van der Waals surface area (Å²) in [5.41, 5.74) is 3.30. The van der Waals surface area contributed by atoms with Gasteiger partial charge in [0.25, 0.3) is 5.56 Å². The predicted octanol–water partition coefficient (Wildman–Crippen LogP) is 3.81. The Balaban J connectivity index is 1.52. The van der Waals surface area contributed by atoms with Gasteiger partial charge >= 0.3 is 0 Å². The number of aromatic nitrogens is 3. The van der Waals surface area contributed by atoms with Crippen molar-refractivity contribution >= 4 is 32.3 Å². The molecule has 0 bridgehead atoms. The average molecular weight is 393 g/mol. The molecule has 4 heterocycles. The maximum Gasteiger partial charge on any atom is 0.259 e. The first-order chi connectivity index (χ1) is 13.7. The number of aryl methyl sites for hydroxylation is 2. The van der Waals surface area contributed by atoms with Gasteiger partial charge in [0.1, 0.15) is 5.69 Å². The van der Waals surface area contributed by atoms with Crippen LogP contribution in [-0.2, 0) is 15.9 Å². The number of benzene rings is 1. The minimum Gasteiger partial charge on any atom is -0.350 e. The molecule has 7 heteroatoms. The zero-order valence-electron chi connectivity index (χ0n) is 15.4. The Morgan fingerprint density at radius 1 is 1.25 bits per heavy atom. The molecule has 1 N–H and O–H groups in total. The van der Waals surface area contributed by atoms with Crippen molar-refractivity contribution in [3.8, 4) is 11.5 Å². The molecule has 0 radical (unpaired) electrons. The third-order valence-corrected chi connectivity index (χ3v) is 5.87. The molecule has 0 amide bonds. The van der Waals surface area contributed by atoms with Crippen LogP contribution in [0.4, 0.5) is 0 Å². The van der Waals surface area contributed by atoms with Gasteiger partial charge in [-0.3, -0.25) is 9.78 Å². The van der Waals surface area contributed by atoms with Gasteiger partial charge in [-0.1, -0.05) is 6.07 Å². The van der Waals surface area contributed by atoms with Crippen molar-refractivity contribution in [3.63, 3.8) is 0 Å². The summed E-state index contributed by atoms with van der Waals surface area (Å²) in [5.74, 6) is 0.495. The maximum atomic E-state index is 12.8. The fraction of sp³-hybridized carbons (Fsp3) is 0.286. The maximum absolute atomic E-state index is 12.8. The molecule has 1 saturated heterocycles. The standard InChI is InChI=1S/C21H19N3O3S/c1-12-8-13(2-3-18-26-5-6-27-18)9-15-19(12)23-20(24-21(15)25)16-10-14-4-7-28-17(14)11-22-16/h4,7-11,18H,2-3,5-6H2,1H3,(H,23,24,25). The van der Waals surface area contributed by atoms with E-state index in [4.69, 9.17) is 14.5 Å². The fourth-order valence-electron chi connectivity index (χ4n) is 3.61. The second-order valence-electron chi connectivity index (χ2n) is 6.96. The van der Waals surface area contributed by atoms with E-state index in [1.807, 2.05) is 36.7 Å². The zero-order valence-corrected chi connectivity index (χ0v) is 16.2. The van der Waals surface area contributed by atoms with E-state index >= 15 is 0 Å². The Morgan fingerprint density at radius 2 is 2.11 bits per heavy atom. The molecule has 0 saturated carbocycles. The number of pyridine rings is 1. The monoisotopic (exact) mass is 393 g/mol. The highest BCUT2D eigenvalue weighted by Gasteiger charge is 2.16. The summed E-state index contributed by atoms with van der Waals surface area (Å²) in [6, 6.07) is 8.01. The number of aromatic amines is 1. The van der Waals surface area contributed by atoms with Crippen LogP contribution in [-0.4, -0.2) is 34.5 Å². The molecule has 0 unspecified atom stereocenters. The van der Waals surface area contributed by atoms with Gasteiger partial charge in [-0.2, -0.15) is 0 Å². The summed E-state index contributed by atoms with van der Waals surface area (Å²) in [4.78, 5) is 24.9. The summed E-state index contributed by atoms with van der Waals surface area (Å²) in [5, 5.41) is 3.73. The first kappa shape index (κ1) is 17.5. The lowest BCUT2D eigenvalue weighted by Gasteiger charge is -2.11. The van der Waals surface area contributed by atoms with Crippen molar-refractivity contribution in [3.05, 3.63) is 57.3 Å². The lowest BCUT2D eigenvalue weighted by Crippen LogP contribution is -2.12. The molecule has 28 heavy (non-hydrogen) atoms. The Morgan fingerprint density at radius 3 is 2.96 bits per heavy atom. The molecule has 0 aliphatic carbocycles. The normalized spacial score (nSPS) is 15.0. The Bertz CT molecular complexity index is 1220. The highest BCUT2D eigenvalue weighted by molar-refractivity contribution is 7.17. The van der Waals surface area contributed by atoms with E-state index in [0.29, 0.717) is 35.6 Å². The Hall–Kier alpha value is -2.61. The highest BCUT2D eigenvalue weighted by Crippen LogP contribution is 2.25. The SMILES string of the molecule is Cc1cc(CCC2OCCO2)cc2c(=O)[nH]c(-c3cc4ccsc4cn3)nc12. The second kappa shape index (κ2) is 7.09. The van der Waals surface area contributed by atoms with Crippen molar-refractivity contribution in [1.82, 2.24) is 15.0 Å². The molecule has 1 aliphatic heterocycles. The van der Waals surface area contributed by atoms with Gasteiger partial charge in [-0.05, 0) is 53.4 Å². The first-order valence-electron chi connectivity index (χ1n) is 9.28. The number of hydrogen-bond acceptors (Lipinski definition) is 6. The third-order valence-electron chi connectivity index (χ3n) is 5.00. The summed E-state index contributed by atoms with van der Waals surface area (Å²) >= 11 is 1.64. The van der Waals surface area contributed by atoms with E-state index in [-0.39, 0.29) is 11.8 Å². The van der Waals surface area contributed by atoms with Gasteiger partial charge in [0.05, 0.1) is 28.8 Å². The lowest BCUT2D eigenvalue weighted by atomic mass is 10.0. The first-order valence-corrected chi connectivity index (χ1v) is 10.2. The second-order valence-corrected chi connectivity index (χ2v) is 7.91. The molecule has 3 aromatic heterocycles. The van der Waals surface area contributed by atoms with Crippen LogP contribution in [0, 0.1) is 6.92 Å². The van der Waals surface area contributed by atoms with E-state index in [9.17, 15) is 4.79 Å². The number of nitrogens with zero attached hydrogens (tertiary/aromatic N) is 2. The van der Waals surface area contributed by atoms with Crippen LogP contribution in [0.1, 0.15) is 17.5 Å². The van der Waals surface area contributed by atoms with Gasteiger partial charge in [0.15, 0.2) is 12.1 Å². The smallest absolute Gasteiger partial charge is 0.259 e. The van der Waals surface area contributed by atoms with E-state index in [1.165, 1.54) is 0 Å². The van der Waals surface area contributed by atoms with Crippen LogP contribution in [0.25, 0.3) is 32.5 Å². The highest BCUT2D eigenvalue weighted by atomic mass is 32.1. The number of rotatable bonds is 4. The molecule has 5 rings (SSSR count). The number of fused-ring (bicyclic) bond motifs is 2. The molecule has 1 aromatic carbocycles. The van der Waals surface area contributed by atoms with Crippen LogP contribution in [0.5, 0.6) is 0 Å². The van der Waals surface area contributed by atoms with Crippen molar-refractivity contribution in [2.24, 2.45) is 0 Å². The van der Waals surface area contributed by atoms with Crippen molar-refractivity contribution in [2.75, 3.05) is 13.2 Å². The minimum atomic E-state index is -0.148. The molecule has 1 aliphatic rings. The largest absolute Gasteiger partial charge is 0.350 e. The Labute approximate surface area is 165 Å². The van der Waals surface area contributed by atoms with Gasteiger partial charge in [0.2, 0.25) is 0 Å². The summed E-state index contributed by atoms with van der Waals surface area (Å²) in [6.07, 6.45) is 3.24. The molecule has 142 valence electrons. The predicted molar refractivity (Wildman–Crippen MR) is 110 cm³/mol. The van der Waals surface area contributed by atoms with E-state index in [0.717, 1.165) is 34.1 Å². The fourth-order valence-corrected chi connectivity index (χ4v) is 4.35. The topological polar surface area (TPSA) is 77.1 Å². The van der Waals surface area contributed by atoms with Crippen LogP contribution in [0.15, 0.2) is 40.6 Å². The summed E-state index contributed by atoms with van der Waals surface area (Å²) in [6.45, 7) is 3.29. The molecule has 6 nitrogen and oxygen atoms in total. The summed E-state index contributed by atoms with van der Waals surface area (Å²) < 4.78 is 12.1. The van der Waals surface area contributed by atoms with Crippen LogP contribution in [0.3, 0.4) is 0 Å². The summed E-state index contributed by atoms with van der Waals surface area (Å²) in [7, 11) is 0. The average Bonchev–Trinajstić information content (AvgIpc) is 3.38. The molecule has 0 spiro atoms. The molecular weight excluding hydrogens is 374 g/mol. The van der Waals surface area contributed by atoms with Crippen LogP contribution in [0.2, 0.25) is 0 Å². The molecule has 0 atom stereocenters. The van der Waals surface area contributed by atoms with E-state index < -0.39 is 0 Å². The molecular formula is C21H19N3O3S. The van der Waals surface area contributed by atoms with Gasteiger partial charge in [-0.25, -0.2) is 4.98 Å².